The van der Waals surface area contributed by atoms with E-state index in [0.717, 1.165) is 35.7 Å². The molecule has 0 radical (unpaired) electrons. The number of benzene rings is 2. The Morgan fingerprint density at radius 2 is 1.95 bits per heavy atom. The van der Waals surface area contributed by atoms with E-state index < -0.39 is 10.0 Å². The molecular weight excluding hydrogens is 504 g/mol. The Kier molecular flexibility index (Phi) is 8.90. The summed E-state index contributed by atoms with van der Waals surface area (Å²) in [6.07, 6.45) is 2.17. The van der Waals surface area contributed by atoms with Crippen LogP contribution < -0.4 is 19.7 Å². The highest BCUT2D eigenvalue weighted by Gasteiger charge is 2.31. The monoisotopic (exact) mass is 542 g/mol. The Hall–Kier alpha value is -2.46. The number of sulfonamides is 1. The smallest absolute Gasteiger partial charge is 0.275 e. The van der Waals surface area contributed by atoms with Gasteiger partial charge in [0.1, 0.15) is 5.75 Å². The van der Waals surface area contributed by atoms with Gasteiger partial charge in [-0.2, -0.15) is 0 Å². The first-order chi connectivity index (χ1) is 17.7. The van der Waals surface area contributed by atoms with E-state index >= 15 is 0 Å². The number of hydrogen-bond donors (Lipinski definition) is 2. The van der Waals surface area contributed by atoms with E-state index in [1.807, 2.05) is 45.0 Å². The summed E-state index contributed by atoms with van der Waals surface area (Å²) in [5.74, 6) is 0.885. The molecule has 0 aliphatic carbocycles. The molecule has 9 heteroatoms. The number of hydrogen-bond acceptors (Lipinski definition) is 7. The third-order valence-corrected chi connectivity index (χ3v) is 10.1. The highest BCUT2D eigenvalue weighted by molar-refractivity contribution is 7.94. The average molecular weight is 543 g/mol. The summed E-state index contributed by atoms with van der Waals surface area (Å²) in [5, 5.41) is 8.14. The molecule has 2 atom stereocenters. The van der Waals surface area contributed by atoms with Gasteiger partial charge in [0.15, 0.2) is 4.21 Å². The number of thiazole rings is 1. The van der Waals surface area contributed by atoms with E-state index in [0.29, 0.717) is 28.7 Å². The molecule has 2 heterocycles. The molecule has 0 bridgehead atoms. The molecule has 1 saturated heterocycles. The quantitative estimate of drug-likeness (QED) is 0.366. The number of aryl methyl sites for hydroxylation is 2. The van der Waals surface area contributed by atoms with E-state index in [1.165, 1.54) is 21.2 Å². The summed E-state index contributed by atoms with van der Waals surface area (Å²) in [4.78, 5) is 4.37. The lowest BCUT2D eigenvalue weighted by Gasteiger charge is -2.34. The Morgan fingerprint density at radius 3 is 2.59 bits per heavy atom. The molecule has 200 valence electrons. The molecule has 0 spiro atoms. The Labute approximate surface area is 225 Å². The second-order valence-corrected chi connectivity index (χ2v) is 13.3. The molecule has 1 fully saturated rings. The SMILES string of the molecule is COc1ccc(N(CC(C)C)S(=O)(=O)c2sc(C)nc2C)cc1CNC1CCCNC1c1ccccc1. The predicted octanol–water partition coefficient (Wildman–Crippen LogP) is 5.20. The zero-order valence-electron chi connectivity index (χ0n) is 22.3. The topological polar surface area (TPSA) is 83.6 Å². The van der Waals surface area contributed by atoms with Gasteiger partial charge in [0.25, 0.3) is 10.0 Å². The number of ether oxygens (including phenoxy) is 1. The van der Waals surface area contributed by atoms with Crippen LogP contribution in [0.2, 0.25) is 0 Å². The van der Waals surface area contributed by atoms with E-state index in [1.54, 1.807) is 14.0 Å². The molecule has 1 aliphatic heterocycles. The van der Waals surface area contributed by atoms with Crippen molar-refractivity contribution in [3.05, 3.63) is 70.4 Å². The van der Waals surface area contributed by atoms with Crippen molar-refractivity contribution >= 4 is 27.0 Å². The number of rotatable bonds is 10. The van der Waals surface area contributed by atoms with Crippen molar-refractivity contribution < 1.29 is 13.2 Å². The molecule has 37 heavy (non-hydrogen) atoms. The normalized spacial score (nSPS) is 18.2. The van der Waals surface area contributed by atoms with Gasteiger partial charge in [0.2, 0.25) is 0 Å². The maximum Gasteiger partial charge on any atom is 0.275 e. The van der Waals surface area contributed by atoms with Crippen molar-refractivity contribution in [2.24, 2.45) is 5.92 Å². The summed E-state index contributed by atoms with van der Waals surface area (Å²) in [6.45, 7) is 9.59. The van der Waals surface area contributed by atoms with E-state index in [-0.39, 0.29) is 18.0 Å². The fraction of sp³-hybridized carbons (Fsp3) is 0.464. The first-order valence-corrected chi connectivity index (χ1v) is 15.1. The van der Waals surface area contributed by atoms with Crippen molar-refractivity contribution in [3.8, 4) is 5.75 Å². The maximum atomic E-state index is 13.8. The van der Waals surface area contributed by atoms with Crippen molar-refractivity contribution in [2.75, 3.05) is 24.5 Å². The number of aromatic nitrogens is 1. The minimum Gasteiger partial charge on any atom is -0.496 e. The molecule has 3 aromatic rings. The van der Waals surface area contributed by atoms with Crippen LogP contribution in [0.1, 0.15) is 54.6 Å². The number of anilines is 1. The molecule has 0 amide bonds. The average Bonchev–Trinajstić information content (AvgIpc) is 3.25. The Morgan fingerprint density at radius 1 is 1.19 bits per heavy atom. The van der Waals surface area contributed by atoms with Crippen molar-refractivity contribution in [1.82, 2.24) is 15.6 Å². The predicted molar refractivity (Wildman–Crippen MR) is 151 cm³/mol. The van der Waals surface area contributed by atoms with Gasteiger partial charge in [-0.25, -0.2) is 13.4 Å². The second kappa shape index (κ2) is 11.9. The first kappa shape index (κ1) is 27.6. The van der Waals surface area contributed by atoms with Gasteiger partial charge in [-0.15, -0.1) is 11.3 Å². The van der Waals surface area contributed by atoms with E-state index in [2.05, 4.69) is 39.9 Å². The van der Waals surface area contributed by atoms with Crippen LogP contribution in [-0.4, -0.2) is 39.6 Å². The minimum absolute atomic E-state index is 0.146. The summed E-state index contributed by atoms with van der Waals surface area (Å²) in [6, 6.07) is 16.6. The van der Waals surface area contributed by atoms with Gasteiger partial charge >= 0.3 is 0 Å². The number of nitrogens with one attached hydrogen (secondary N) is 2. The van der Waals surface area contributed by atoms with Crippen LogP contribution in [0.3, 0.4) is 0 Å². The second-order valence-electron chi connectivity index (χ2n) is 10.0. The Balaban J connectivity index is 1.63. The van der Waals surface area contributed by atoms with Gasteiger partial charge in [0, 0.05) is 30.7 Å². The lowest BCUT2D eigenvalue weighted by Crippen LogP contribution is -2.45. The van der Waals surface area contributed by atoms with Gasteiger partial charge in [0.05, 0.1) is 23.5 Å². The lowest BCUT2D eigenvalue weighted by molar-refractivity contribution is 0.303. The van der Waals surface area contributed by atoms with Gasteiger partial charge < -0.3 is 15.4 Å². The molecule has 1 aromatic heterocycles. The summed E-state index contributed by atoms with van der Waals surface area (Å²) < 4.78 is 35.1. The van der Waals surface area contributed by atoms with Gasteiger partial charge in [-0.05, 0) is 62.9 Å². The highest BCUT2D eigenvalue weighted by atomic mass is 32.2. The lowest BCUT2D eigenvalue weighted by atomic mass is 9.92. The number of nitrogens with zero attached hydrogens (tertiary/aromatic N) is 2. The molecule has 7 nitrogen and oxygen atoms in total. The molecule has 0 saturated carbocycles. The van der Waals surface area contributed by atoms with Crippen LogP contribution in [0.25, 0.3) is 0 Å². The van der Waals surface area contributed by atoms with Crippen molar-refractivity contribution in [1.29, 1.82) is 0 Å². The van der Waals surface area contributed by atoms with Crippen LogP contribution >= 0.6 is 11.3 Å². The molecule has 2 aromatic carbocycles. The largest absolute Gasteiger partial charge is 0.496 e. The summed E-state index contributed by atoms with van der Waals surface area (Å²) >= 11 is 1.23. The zero-order chi connectivity index (χ0) is 26.6. The Bertz CT molecular complexity index is 1290. The van der Waals surface area contributed by atoms with E-state index in [9.17, 15) is 8.42 Å². The van der Waals surface area contributed by atoms with Crippen LogP contribution in [0, 0.1) is 19.8 Å². The minimum atomic E-state index is -3.76. The summed E-state index contributed by atoms with van der Waals surface area (Å²) in [7, 11) is -2.11. The van der Waals surface area contributed by atoms with Crippen LogP contribution in [-0.2, 0) is 16.6 Å². The molecule has 2 N–H and O–H groups in total. The van der Waals surface area contributed by atoms with Gasteiger partial charge in [-0.1, -0.05) is 44.2 Å². The maximum absolute atomic E-state index is 13.8. The van der Waals surface area contributed by atoms with Crippen LogP contribution in [0.5, 0.6) is 5.75 Å². The number of piperidine rings is 1. The molecule has 1 aliphatic rings. The third kappa shape index (κ3) is 6.34. The van der Waals surface area contributed by atoms with Crippen molar-refractivity contribution in [2.45, 2.75) is 63.4 Å². The van der Waals surface area contributed by atoms with E-state index in [4.69, 9.17) is 4.74 Å². The molecular formula is C28H38N4O3S2. The fourth-order valence-electron chi connectivity index (χ4n) is 4.94. The third-order valence-electron chi connectivity index (χ3n) is 6.64. The first-order valence-electron chi connectivity index (χ1n) is 12.9. The fourth-order valence-corrected chi connectivity index (χ4v) is 8.15. The molecule has 4 rings (SSSR count). The van der Waals surface area contributed by atoms with Crippen LogP contribution in [0.4, 0.5) is 5.69 Å². The van der Waals surface area contributed by atoms with Crippen molar-refractivity contribution in [3.63, 3.8) is 0 Å². The van der Waals surface area contributed by atoms with Gasteiger partial charge in [-0.3, -0.25) is 4.31 Å². The van der Waals surface area contributed by atoms with Crippen LogP contribution in [0.15, 0.2) is 52.7 Å². The number of methoxy groups -OCH3 is 1. The summed E-state index contributed by atoms with van der Waals surface area (Å²) in [5.41, 5.74) is 3.38. The zero-order valence-corrected chi connectivity index (χ0v) is 24.0. The highest BCUT2D eigenvalue weighted by Crippen LogP contribution is 2.33. The molecule has 2 unspecified atom stereocenters. The standard InChI is InChI=1S/C28H38N4O3S2/c1-19(2)18-32(37(33,34)28-20(3)31-21(4)36-28)24-13-14-26(35-5)23(16-24)17-30-25-12-9-15-29-27(25)22-10-7-6-8-11-22/h6-8,10-11,13-14,16,19,25,27,29-30H,9,12,15,17-18H2,1-5H3.